The van der Waals surface area contributed by atoms with Gasteiger partial charge in [0, 0.05) is 18.6 Å². The fourth-order valence-electron chi connectivity index (χ4n) is 3.26. The second kappa shape index (κ2) is 6.39. The van der Waals surface area contributed by atoms with E-state index in [1.165, 1.54) is 44.9 Å². The molecule has 0 aromatic carbocycles. The Morgan fingerprint density at radius 1 is 1.35 bits per heavy atom. The van der Waals surface area contributed by atoms with Crippen LogP contribution in [-0.2, 0) is 9.53 Å². The third-order valence-corrected chi connectivity index (χ3v) is 4.17. The third kappa shape index (κ3) is 3.44. The second-order valence-electron chi connectivity index (χ2n) is 5.40. The van der Waals surface area contributed by atoms with Crippen molar-refractivity contribution in [1.82, 2.24) is 4.90 Å². The number of unbranched alkanes of at least 4 members (excludes halogenated alkanes) is 2. The Balaban J connectivity index is 1.90. The minimum atomic E-state index is 0.00621. The predicted molar refractivity (Wildman–Crippen MR) is 67.9 cm³/mol. The van der Waals surface area contributed by atoms with Crippen molar-refractivity contribution >= 4 is 5.97 Å². The zero-order valence-electron chi connectivity index (χ0n) is 11.0. The summed E-state index contributed by atoms with van der Waals surface area (Å²) >= 11 is 0. The molecule has 0 radical (unpaired) electrons. The number of rotatable bonds is 4. The summed E-state index contributed by atoms with van der Waals surface area (Å²) in [5, 5.41) is 0. The van der Waals surface area contributed by atoms with Crippen molar-refractivity contribution in [2.24, 2.45) is 0 Å². The zero-order chi connectivity index (χ0) is 12.1. The summed E-state index contributed by atoms with van der Waals surface area (Å²) in [7, 11) is 0. The number of esters is 1. The van der Waals surface area contributed by atoms with Crippen LogP contribution < -0.4 is 0 Å². The van der Waals surface area contributed by atoms with Gasteiger partial charge in [-0.25, -0.2) is 0 Å². The van der Waals surface area contributed by atoms with Crippen LogP contribution in [0.2, 0.25) is 0 Å². The van der Waals surface area contributed by atoms with Crippen molar-refractivity contribution in [1.29, 1.82) is 0 Å². The van der Waals surface area contributed by atoms with Gasteiger partial charge in [-0.2, -0.15) is 0 Å². The highest BCUT2D eigenvalue weighted by Crippen LogP contribution is 2.29. The normalized spacial score (nSPS) is 30.5. The van der Waals surface area contributed by atoms with Gasteiger partial charge in [-0.05, 0) is 19.3 Å². The molecular formula is C14H25NO2. The highest BCUT2D eigenvalue weighted by atomic mass is 16.5. The Kier molecular flexibility index (Phi) is 4.84. The SMILES string of the molecule is CCCCCC1CCCC2CC(=O)OCCN12. The smallest absolute Gasteiger partial charge is 0.307 e. The van der Waals surface area contributed by atoms with E-state index in [1.807, 2.05) is 0 Å². The molecule has 3 heteroatoms. The molecule has 3 nitrogen and oxygen atoms in total. The lowest BCUT2D eigenvalue weighted by Gasteiger charge is -2.40. The van der Waals surface area contributed by atoms with Crippen LogP contribution in [0.5, 0.6) is 0 Å². The number of carbonyl (C=O) groups is 1. The van der Waals surface area contributed by atoms with Crippen LogP contribution in [0.25, 0.3) is 0 Å². The number of carbonyl (C=O) groups excluding carboxylic acids is 1. The highest BCUT2D eigenvalue weighted by Gasteiger charge is 2.33. The summed E-state index contributed by atoms with van der Waals surface area (Å²) in [6.07, 6.45) is 9.66. The van der Waals surface area contributed by atoms with Crippen LogP contribution >= 0.6 is 0 Å². The van der Waals surface area contributed by atoms with E-state index in [9.17, 15) is 4.79 Å². The summed E-state index contributed by atoms with van der Waals surface area (Å²) in [6, 6.07) is 1.17. The average molecular weight is 239 g/mol. The molecule has 2 saturated heterocycles. The number of fused-ring (bicyclic) bond motifs is 1. The largest absolute Gasteiger partial charge is 0.464 e. The van der Waals surface area contributed by atoms with Crippen molar-refractivity contribution < 1.29 is 9.53 Å². The number of cyclic esters (lactones) is 1. The molecule has 17 heavy (non-hydrogen) atoms. The topological polar surface area (TPSA) is 29.5 Å². The van der Waals surface area contributed by atoms with Crippen LogP contribution in [0.1, 0.15) is 58.3 Å². The van der Waals surface area contributed by atoms with Crippen LogP contribution in [0.4, 0.5) is 0 Å². The molecule has 0 spiro atoms. The molecule has 2 unspecified atom stereocenters. The molecule has 2 rings (SSSR count). The maximum absolute atomic E-state index is 11.5. The van der Waals surface area contributed by atoms with E-state index in [-0.39, 0.29) is 5.97 Å². The first-order valence-electron chi connectivity index (χ1n) is 7.22. The standard InChI is InChI=1S/C14H25NO2/c1-2-3-4-6-12-7-5-8-13-11-14(16)17-10-9-15(12)13/h12-13H,2-11H2,1H3. The highest BCUT2D eigenvalue weighted by molar-refractivity contribution is 5.70. The van der Waals surface area contributed by atoms with Crippen LogP contribution in [0.15, 0.2) is 0 Å². The van der Waals surface area contributed by atoms with Gasteiger partial charge in [-0.1, -0.05) is 32.6 Å². The number of ether oxygens (including phenoxy) is 1. The molecule has 0 aromatic rings. The lowest BCUT2D eigenvalue weighted by atomic mass is 9.91. The van der Waals surface area contributed by atoms with E-state index in [0.717, 1.165) is 6.54 Å². The first-order chi connectivity index (χ1) is 8.31. The first kappa shape index (κ1) is 12.9. The number of hydrogen-bond donors (Lipinski definition) is 0. The summed E-state index contributed by atoms with van der Waals surface area (Å²) in [5.41, 5.74) is 0. The van der Waals surface area contributed by atoms with Gasteiger partial charge in [0.15, 0.2) is 0 Å². The van der Waals surface area contributed by atoms with Gasteiger partial charge < -0.3 is 4.74 Å². The molecular weight excluding hydrogens is 214 g/mol. The van der Waals surface area contributed by atoms with Crippen LogP contribution in [0, 0.1) is 0 Å². The molecule has 2 heterocycles. The lowest BCUT2D eigenvalue weighted by Crippen LogP contribution is -2.47. The first-order valence-corrected chi connectivity index (χ1v) is 7.22. The van der Waals surface area contributed by atoms with E-state index in [0.29, 0.717) is 25.1 Å². The Hall–Kier alpha value is -0.570. The summed E-state index contributed by atoms with van der Waals surface area (Å²) in [4.78, 5) is 14.0. The molecule has 2 aliphatic rings. The second-order valence-corrected chi connectivity index (χ2v) is 5.40. The van der Waals surface area contributed by atoms with E-state index in [2.05, 4.69) is 11.8 Å². The van der Waals surface area contributed by atoms with Gasteiger partial charge in [-0.15, -0.1) is 0 Å². The Morgan fingerprint density at radius 2 is 2.24 bits per heavy atom. The summed E-state index contributed by atoms with van der Waals surface area (Å²) in [6.45, 7) is 3.80. The number of hydrogen-bond acceptors (Lipinski definition) is 3. The molecule has 0 amide bonds. The minimum Gasteiger partial charge on any atom is -0.464 e. The fourth-order valence-corrected chi connectivity index (χ4v) is 3.26. The average Bonchev–Trinajstić information content (AvgIpc) is 2.50. The van der Waals surface area contributed by atoms with Crippen molar-refractivity contribution in [3.05, 3.63) is 0 Å². The van der Waals surface area contributed by atoms with E-state index in [4.69, 9.17) is 4.74 Å². The van der Waals surface area contributed by atoms with Gasteiger partial charge in [0.05, 0.1) is 6.42 Å². The van der Waals surface area contributed by atoms with Crippen molar-refractivity contribution in [3.63, 3.8) is 0 Å². The van der Waals surface area contributed by atoms with Gasteiger partial charge in [-0.3, -0.25) is 9.69 Å². The van der Waals surface area contributed by atoms with Crippen molar-refractivity contribution in [2.45, 2.75) is 70.4 Å². The van der Waals surface area contributed by atoms with Crippen LogP contribution in [0.3, 0.4) is 0 Å². The van der Waals surface area contributed by atoms with Crippen molar-refractivity contribution in [2.75, 3.05) is 13.2 Å². The fraction of sp³-hybridized carbons (Fsp3) is 0.929. The van der Waals surface area contributed by atoms with E-state index < -0.39 is 0 Å². The molecule has 2 aliphatic heterocycles. The minimum absolute atomic E-state index is 0.00621. The molecule has 0 N–H and O–H groups in total. The summed E-state index contributed by atoms with van der Waals surface area (Å²) in [5.74, 6) is 0.00621. The molecule has 0 aliphatic carbocycles. The summed E-state index contributed by atoms with van der Waals surface area (Å²) < 4.78 is 5.19. The maximum Gasteiger partial charge on any atom is 0.307 e. The molecule has 2 fully saturated rings. The molecule has 0 saturated carbocycles. The molecule has 0 aromatic heterocycles. The number of nitrogens with zero attached hydrogens (tertiary/aromatic N) is 1. The third-order valence-electron chi connectivity index (χ3n) is 4.17. The molecule has 2 atom stereocenters. The quantitative estimate of drug-likeness (QED) is 0.558. The van der Waals surface area contributed by atoms with Gasteiger partial charge >= 0.3 is 5.97 Å². The van der Waals surface area contributed by atoms with E-state index in [1.54, 1.807) is 0 Å². The van der Waals surface area contributed by atoms with Gasteiger partial charge in [0.25, 0.3) is 0 Å². The molecule has 98 valence electrons. The number of piperidine rings is 1. The van der Waals surface area contributed by atoms with Gasteiger partial charge in [0.2, 0.25) is 0 Å². The monoisotopic (exact) mass is 239 g/mol. The molecule has 0 bridgehead atoms. The Labute approximate surface area is 105 Å². The zero-order valence-corrected chi connectivity index (χ0v) is 11.0. The van der Waals surface area contributed by atoms with Gasteiger partial charge in [0.1, 0.15) is 6.61 Å². The predicted octanol–water partition coefficient (Wildman–Crippen LogP) is 2.74. The van der Waals surface area contributed by atoms with Crippen molar-refractivity contribution in [3.8, 4) is 0 Å². The van der Waals surface area contributed by atoms with Crippen LogP contribution in [-0.4, -0.2) is 36.1 Å². The Morgan fingerprint density at radius 3 is 3.06 bits per heavy atom. The maximum atomic E-state index is 11.5. The van der Waals surface area contributed by atoms with E-state index >= 15 is 0 Å². The lowest BCUT2D eigenvalue weighted by molar-refractivity contribution is -0.142. The Bertz CT molecular complexity index is 255.